The Kier molecular flexibility index (Phi) is 6.74. The maximum Gasteiger partial charge on any atom is 0.321 e. The van der Waals surface area contributed by atoms with E-state index in [1.165, 1.54) is 4.90 Å². The predicted octanol–water partition coefficient (Wildman–Crippen LogP) is 2.32. The topological polar surface area (TPSA) is 61.8 Å². The van der Waals surface area contributed by atoms with Crippen molar-refractivity contribution in [1.29, 1.82) is 0 Å². The number of carbonyl (C=O) groups is 1. The molecule has 0 aromatic heterocycles. The molecule has 106 valence electrons. The summed E-state index contributed by atoms with van der Waals surface area (Å²) in [5.41, 5.74) is 0.647. The molecule has 19 heavy (non-hydrogen) atoms. The number of anilines is 1. The maximum atomic E-state index is 11.8. The Bertz CT molecular complexity index is 396. The van der Waals surface area contributed by atoms with Crippen molar-refractivity contribution in [3.8, 4) is 5.75 Å². The summed E-state index contributed by atoms with van der Waals surface area (Å²) in [5, 5.41) is 11.6. The van der Waals surface area contributed by atoms with Crippen LogP contribution in [0.1, 0.15) is 19.8 Å². The van der Waals surface area contributed by atoms with Gasteiger partial charge in [0.05, 0.1) is 18.9 Å². The molecular weight excluding hydrogens is 244 g/mol. The van der Waals surface area contributed by atoms with Gasteiger partial charge in [-0.15, -0.1) is 0 Å². The van der Waals surface area contributed by atoms with Crippen LogP contribution >= 0.6 is 0 Å². The van der Waals surface area contributed by atoms with Crippen LogP contribution < -0.4 is 10.1 Å². The fraction of sp³-hybridized carbons (Fsp3) is 0.500. The summed E-state index contributed by atoms with van der Waals surface area (Å²) in [6.07, 6.45) is 2.04. The minimum absolute atomic E-state index is 0.0570. The van der Waals surface area contributed by atoms with E-state index in [9.17, 15) is 4.79 Å². The summed E-state index contributed by atoms with van der Waals surface area (Å²) >= 11 is 0. The van der Waals surface area contributed by atoms with E-state index in [2.05, 4.69) is 12.2 Å². The van der Waals surface area contributed by atoms with Gasteiger partial charge in [-0.3, -0.25) is 0 Å². The van der Waals surface area contributed by atoms with Gasteiger partial charge in [-0.05, 0) is 18.6 Å². The first-order chi connectivity index (χ1) is 9.19. The number of hydrogen-bond acceptors (Lipinski definition) is 3. The molecule has 0 fully saturated rings. The fourth-order valence-corrected chi connectivity index (χ4v) is 1.48. The molecule has 2 N–H and O–H groups in total. The number of nitrogens with one attached hydrogen (secondary N) is 1. The minimum atomic E-state index is -0.263. The number of hydrogen-bond donors (Lipinski definition) is 2. The fourth-order valence-electron chi connectivity index (χ4n) is 1.48. The second-order valence-corrected chi connectivity index (χ2v) is 4.27. The normalized spacial score (nSPS) is 10.1. The molecule has 5 nitrogen and oxygen atoms in total. The number of nitrogens with zero attached hydrogens (tertiary/aromatic N) is 1. The van der Waals surface area contributed by atoms with Gasteiger partial charge in [0.2, 0.25) is 0 Å². The molecular formula is C14H22N2O3. The van der Waals surface area contributed by atoms with E-state index in [1.807, 2.05) is 18.2 Å². The van der Waals surface area contributed by atoms with Crippen LogP contribution in [-0.4, -0.2) is 42.8 Å². The molecule has 0 saturated carbocycles. The first kappa shape index (κ1) is 15.3. The second kappa shape index (κ2) is 8.37. The van der Waals surface area contributed by atoms with E-state index in [0.717, 1.165) is 12.8 Å². The van der Waals surface area contributed by atoms with Crippen LogP contribution in [0.5, 0.6) is 5.75 Å². The molecule has 0 radical (unpaired) electrons. The van der Waals surface area contributed by atoms with E-state index in [-0.39, 0.29) is 12.6 Å². The lowest BCUT2D eigenvalue weighted by molar-refractivity contribution is 0.202. The highest BCUT2D eigenvalue weighted by Gasteiger charge is 2.10. The highest BCUT2D eigenvalue weighted by Crippen LogP contribution is 2.24. The molecule has 0 aliphatic carbocycles. The van der Waals surface area contributed by atoms with Crippen LogP contribution in [0.3, 0.4) is 0 Å². The summed E-state index contributed by atoms with van der Waals surface area (Å²) in [7, 11) is 1.63. The van der Waals surface area contributed by atoms with E-state index in [4.69, 9.17) is 9.84 Å². The molecule has 0 bridgehead atoms. The molecule has 0 saturated heterocycles. The van der Waals surface area contributed by atoms with Crippen molar-refractivity contribution in [2.45, 2.75) is 19.8 Å². The van der Waals surface area contributed by atoms with Crippen LogP contribution in [0.15, 0.2) is 24.3 Å². The maximum absolute atomic E-state index is 11.8. The quantitative estimate of drug-likeness (QED) is 0.744. The largest absolute Gasteiger partial charge is 0.491 e. The minimum Gasteiger partial charge on any atom is -0.491 e. The average Bonchev–Trinajstić information content (AvgIpc) is 2.41. The van der Waals surface area contributed by atoms with Crippen molar-refractivity contribution >= 4 is 11.7 Å². The Balaban J connectivity index is 2.63. The summed E-state index contributed by atoms with van der Waals surface area (Å²) in [6.45, 7) is 2.97. The van der Waals surface area contributed by atoms with Gasteiger partial charge in [0.25, 0.3) is 0 Å². The Morgan fingerprint density at radius 1 is 1.42 bits per heavy atom. The third kappa shape index (κ3) is 5.18. The van der Waals surface area contributed by atoms with Gasteiger partial charge in [-0.1, -0.05) is 25.5 Å². The summed E-state index contributed by atoms with van der Waals surface area (Å²) < 4.78 is 5.64. The summed E-state index contributed by atoms with van der Waals surface area (Å²) in [4.78, 5) is 13.3. The molecule has 2 amide bonds. The number of aliphatic hydroxyl groups excluding tert-OH is 1. The molecule has 0 spiro atoms. The zero-order chi connectivity index (χ0) is 14.1. The van der Waals surface area contributed by atoms with Crippen LogP contribution in [0.4, 0.5) is 10.5 Å². The van der Waals surface area contributed by atoms with Gasteiger partial charge in [-0.2, -0.15) is 0 Å². The number of carbonyl (C=O) groups excluding carboxylic acids is 1. The highest BCUT2D eigenvalue weighted by molar-refractivity contribution is 5.90. The highest BCUT2D eigenvalue weighted by atomic mass is 16.5. The van der Waals surface area contributed by atoms with Crippen molar-refractivity contribution in [2.75, 3.05) is 32.1 Å². The first-order valence-corrected chi connectivity index (χ1v) is 6.53. The van der Waals surface area contributed by atoms with E-state index in [0.29, 0.717) is 24.6 Å². The number of aliphatic hydroxyl groups is 1. The molecule has 1 aromatic rings. The molecule has 0 unspecified atom stereocenters. The monoisotopic (exact) mass is 266 g/mol. The molecule has 0 heterocycles. The molecule has 0 aliphatic rings. The number of urea groups is 1. The molecule has 0 aliphatic heterocycles. The number of benzene rings is 1. The lowest BCUT2D eigenvalue weighted by atomic mass is 10.3. The van der Waals surface area contributed by atoms with Crippen molar-refractivity contribution in [3.05, 3.63) is 24.3 Å². The number of unbranched alkanes of at least 4 members (excludes halogenated alkanes) is 1. The smallest absolute Gasteiger partial charge is 0.321 e. The summed E-state index contributed by atoms with van der Waals surface area (Å²) in [6, 6.07) is 7.08. The van der Waals surface area contributed by atoms with Gasteiger partial charge in [0, 0.05) is 13.6 Å². The van der Waals surface area contributed by atoms with Crippen LogP contribution in [0.25, 0.3) is 0 Å². The van der Waals surface area contributed by atoms with Gasteiger partial charge < -0.3 is 20.1 Å². The number of likely N-dealkylation sites (N-methyl/N-ethyl adjacent to an activating group) is 1. The number of amides is 2. The Hall–Kier alpha value is -1.75. The zero-order valence-corrected chi connectivity index (χ0v) is 11.6. The van der Waals surface area contributed by atoms with Gasteiger partial charge in [-0.25, -0.2) is 4.79 Å². The van der Waals surface area contributed by atoms with Crippen molar-refractivity contribution in [3.63, 3.8) is 0 Å². The second-order valence-electron chi connectivity index (χ2n) is 4.27. The SMILES string of the molecule is CCCCOc1ccccc1NC(=O)N(C)CCO. The molecule has 0 atom stereocenters. The van der Waals surface area contributed by atoms with Gasteiger partial charge in [0.15, 0.2) is 0 Å². The Morgan fingerprint density at radius 2 is 2.16 bits per heavy atom. The standard InChI is InChI=1S/C14H22N2O3/c1-3-4-11-19-13-8-6-5-7-12(13)15-14(18)16(2)9-10-17/h5-8,17H,3-4,9-11H2,1-2H3,(H,15,18). The third-order valence-electron chi connectivity index (χ3n) is 2.67. The number of ether oxygens (including phenoxy) is 1. The number of para-hydroxylation sites is 2. The third-order valence-corrected chi connectivity index (χ3v) is 2.67. The average molecular weight is 266 g/mol. The predicted molar refractivity (Wildman–Crippen MR) is 75.6 cm³/mol. The Morgan fingerprint density at radius 3 is 2.84 bits per heavy atom. The van der Waals surface area contributed by atoms with E-state index < -0.39 is 0 Å². The van der Waals surface area contributed by atoms with E-state index in [1.54, 1.807) is 13.1 Å². The van der Waals surface area contributed by atoms with Gasteiger partial charge in [0.1, 0.15) is 5.75 Å². The van der Waals surface area contributed by atoms with Crippen molar-refractivity contribution in [1.82, 2.24) is 4.90 Å². The van der Waals surface area contributed by atoms with Crippen molar-refractivity contribution < 1.29 is 14.6 Å². The van der Waals surface area contributed by atoms with Crippen LogP contribution in [0, 0.1) is 0 Å². The van der Waals surface area contributed by atoms with E-state index >= 15 is 0 Å². The first-order valence-electron chi connectivity index (χ1n) is 6.53. The Labute approximate surface area is 114 Å². The summed E-state index contributed by atoms with van der Waals surface area (Å²) in [5.74, 6) is 0.668. The molecule has 5 heteroatoms. The number of rotatable bonds is 7. The zero-order valence-electron chi connectivity index (χ0n) is 11.6. The van der Waals surface area contributed by atoms with Crippen LogP contribution in [0.2, 0.25) is 0 Å². The lowest BCUT2D eigenvalue weighted by Gasteiger charge is -2.18. The molecule has 1 rings (SSSR count). The van der Waals surface area contributed by atoms with Crippen LogP contribution in [-0.2, 0) is 0 Å². The van der Waals surface area contributed by atoms with Crippen molar-refractivity contribution in [2.24, 2.45) is 0 Å². The molecule has 1 aromatic carbocycles. The van der Waals surface area contributed by atoms with Gasteiger partial charge >= 0.3 is 6.03 Å². The lowest BCUT2D eigenvalue weighted by Crippen LogP contribution is -2.33.